The van der Waals surface area contributed by atoms with Crippen molar-refractivity contribution >= 4 is 35.2 Å². The van der Waals surface area contributed by atoms with E-state index in [1.165, 1.54) is 11.8 Å². The first-order chi connectivity index (χ1) is 11.0. The van der Waals surface area contributed by atoms with Gasteiger partial charge >= 0.3 is 0 Å². The number of likely N-dealkylation sites (tertiary alicyclic amines) is 1. The molecule has 23 heavy (non-hydrogen) atoms. The predicted molar refractivity (Wildman–Crippen MR) is 88.3 cm³/mol. The summed E-state index contributed by atoms with van der Waals surface area (Å²) in [6, 6.07) is 7.56. The van der Waals surface area contributed by atoms with Crippen molar-refractivity contribution in [1.82, 2.24) is 10.2 Å². The minimum absolute atomic E-state index is 0.0184. The zero-order valence-corrected chi connectivity index (χ0v) is 13.8. The first kappa shape index (κ1) is 15.9. The number of hydrogen-bond acceptors (Lipinski definition) is 4. The fourth-order valence-electron chi connectivity index (χ4n) is 2.87. The van der Waals surface area contributed by atoms with Gasteiger partial charge in [-0.3, -0.25) is 14.4 Å². The molecule has 122 valence electrons. The third-order valence-electron chi connectivity index (χ3n) is 4.10. The molecule has 1 aromatic carbocycles. The smallest absolute Gasteiger partial charge is 0.240 e. The number of hydrogen-bond donors (Lipinski definition) is 1. The van der Waals surface area contributed by atoms with Crippen LogP contribution < -0.4 is 10.2 Å². The normalized spacial score (nSPS) is 21.2. The van der Waals surface area contributed by atoms with Gasteiger partial charge in [0.05, 0.1) is 11.4 Å². The highest BCUT2D eigenvalue weighted by atomic mass is 32.2. The Morgan fingerprint density at radius 2 is 2.09 bits per heavy atom. The molecule has 1 saturated heterocycles. The average Bonchev–Trinajstić information content (AvgIpc) is 2.54. The molecule has 1 atom stereocenters. The number of thioether (sulfide) groups is 1. The van der Waals surface area contributed by atoms with Crippen LogP contribution in [0.5, 0.6) is 0 Å². The van der Waals surface area contributed by atoms with E-state index in [1.807, 2.05) is 24.3 Å². The number of fused-ring (bicyclic) bond motifs is 1. The Kier molecular flexibility index (Phi) is 4.56. The quantitative estimate of drug-likeness (QED) is 0.891. The Morgan fingerprint density at radius 3 is 2.87 bits per heavy atom. The minimum atomic E-state index is -0.187. The molecule has 3 rings (SSSR count). The molecule has 1 aromatic rings. The summed E-state index contributed by atoms with van der Waals surface area (Å²) in [7, 11) is 1.74. The largest absolute Gasteiger partial charge is 0.350 e. The van der Waals surface area contributed by atoms with Crippen LogP contribution in [-0.2, 0) is 14.4 Å². The van der Waals surface area contributed by atoms with Crippen LogP contribution in [0.25, 0.3) is 0 Å². The van der Waals surface area contributed by atoms with Crippen LogP contribution in [0.1, 0.15) is 12.8 Å². The average molecular weight is 333 g/mol. The number of amides is 3. The molecule has 0 saturated carbocycles. The van der Waals surface area contributed by atoms with Gasteiger partial charge in [-0.15, -0.1) is 11.8 Å². The molecule has 0 aromatic heterocycles. The molecule has 7 heteroatoms. The SMILES string of the molecule is CN1CC(NC(=O)CN2C(=O)CSc3ccccc32)CCC1=O. The number of carbonyl (C=O) groups excluding carboxylic acids is 3. The number of benzene rings is 1. The number of nitrogens with zero attached hydrogens (tertiary/aromatic N) is 2. The van der Waals surface area contributed by atoms with E-state index >= 15 is 0 Å². The van der Waals surface area contributed by atoms with Gasteiger partial charge < -0.3 is 15.1 Å². The second kappa shape index (κ2) is 6.62. The van der Waals surface area contributed by atoms with Crippen LogP contribution in [0.2, 0.25) is 0 Å². The molecule has 2 aliphatic heterocycles. The maximum Gasteiger partial charge on any atom is 0.240 e. The van der Waals surface area contributed by atoms with Crippen LogP contribution >= 0.6 is 11.8 Å². The minimum Gasteiger partial charge on any atom is -0.350 e. The fraction of sp³-hybridized carbons (Fsp3) is 0.438. The lowest BCUT2D eigenvalue weighted by molar-refractivity contribution is -0.133. The predicted octanol–water partition coefficient (Wildman–Crippen LogP) is 0.862. The van der Waals surface area contributed by atoms with E-state index in [0.717, 1.165) is 10.6 Å². The van der Waals surface area contributed by atoms with Gasteiger partial charge in [-0.05, 0) is 18.6 Å². The second-order valence-corrected chi connectivity index (χ2v) is 6.83. The molecular formula is C16H19N3O3S. The van der Waals surface area contributed by atoms with Gasteiger partial charge in [0, 0.05) is 31.0 Å². The van der Waals surface area contributed by atoms with Gasteiger partial charge in [0.1, 0.15) is 6.54 Å². The molecule has 3 amide bonds. The van der Waals surface area contributed by atoms with Crippen LogP contribution in [0, 0.1) is 0 Å². The number of likely N-dealkylation sites (N-methyl/N-ethyl adjacent to an activating group) is 1. The molecule has 1 N–H and O–H groups in total. The number of carbonyl (C=O) groups is 3. The van der Waals surface area contributed by atoms with Crippen molar-refractivity contribution in [2.75, 3.05) is 30.8 Å². The second-order valence-electron chi connectivity index (χ2n) is 5.81. The standard InChI is InChI=1S/C16H19N3O3S/c1-18-8-11(6-7-15(18)21)17-14(20)9-19-12-4-2-3-5-13(12)23-10-16(19)22/h2-5,11H,6-10H2,1H3,(H,17,20). The van der Waals surface area contributed by atoms with Crippen molar-refractivity contribution in [3.63, 3.8) is 0 Å². The summed E-state index contributed by atoms with van der Waals surface area (Å²) in [5.41, 5.74) is 0.792. The van der Waals surface area contributed by atoms with Crippen LogP contribution in [0.15, 0.2) is 29.2 Å². The summed E-state index contributed by atoms with van der Waals surface area (Å²) in [6.07, 6.45) is 1.10. The molecular weight excluding hydrogens is 314 g/mol. The fourth-order valence-corrected chi connectivity index (χ4v) is 3.81. The van der Waals surface area contributed by atoms with Crippen molar-refractivity contribution in [2.24, 2.45) is 0 Å². The van der Waals surface area contributed by atoms with E-state index in [9.17, 15) is 14.4 Å². The van der Waals surface area contributed by atoms with E-state index in [4.69, 9.17) is 0 Å². The molecule has 1 unspecified atom stereocenters. The van der Waals surface area contributed by atoms with Gasteiger partial charge in [0.25, 0.3) is 0 Å². The highest BCUT2D eigenvalue weighted by Gasteiger charge is 2.28. The van der Waals surface area contributed by atoms with E-state index in [1.54, 1.807) is 16.8 Å². The van der Waals surface area contributed by atoms with Crippen molar-refractivity contribution in [3.8, 4) is 0 Å². The zero-order valence-electron chi connectivity index (χ0n) is 12.9. The monoisotopic (exact) mass is 333 g/mol. The van der Waals surface area contributed by atoms with Crippen molar-refractivity contribution in [3.05, 3.63) is 24.3 Å². The Bertz CT molecular complexity index is 649. The Labute approximate surface area is 139 Å². The molecule has 2 aliphatic rings. The van der Waals surface area contributed by atoms with Gasteiger partial charge in [-0.2, -0.15) is 0 Å². The zero-order chi connectivity index (χ0) is 16.4. The van der Waals surface area contributed by atoms with Gasteiger partial charge in [0.2, 0.25) is 17.7 Å². The summed E-state index contributed by atoms with van der Waals surface area (Å²) in [6.45, 7) is 0.537. The molecule has 0 bridgehead atoms. The lowest BCUT2D eigenvalue weighted by Crippen LogP contribution is -2.51. The highest BCUT2D eigenvalue weighted by Crippen LogP contribution is 2.34. The van der Waals surface area contributed by atoms with E-state index in [2.05, 4.69) is 5.32 Å². The van der Waals surface area contributed by atoms with E-state index in [0.29, 0.717) is 25.1 Å². The summed E-state index contributed by atoms with van der Waals surface area (Å²) in [5, 5.41) is 2.93. The third-order valence-corrected chi connectivity index (χ3v) is 5.15. The van der Waals surface area contributed by atoms with Gasteiger partial charge in [0.15, 0.2) is 0 Å². The summed E-state index contributed by atoms with van der Waals surface area (Å²) in [4.78, 5) is 40.1. The first-order valence-corrected chi connectivity index (χ1v) is 8.58. The van der Waals surface area contributed by atoms with Crippen LogP contribution in [-0.4, -0.2) is 54.6 Å². The summed E-state index contributed by atoms with van der Waals surface area (Å²) < 4.78 is 0. The number of rotatable bonds is 3. The summed E-state index contributed by atoms with van der Waals surface area (Å²) in [5.74, 6) is 0.213. The molecule has 0 radical (unpaired) electrons. The topological polar surface area (TPSA) is 69.7 Å². The van der Waals surface area contributed by atoms with Crippen molar-refractivity contribution in [1.29, 1.82) is 0 Å². The number of para-hydroxylation sites is 1. The Hall–Kier alpha value is -2.02. The Morgan fingerprint density at radius 1 is 1.30 bits per heavy atom. The van der Waals surface area contributed by atoms with E-state index < -0.39 is 0 Å². The number of nitrogens with one attached hydrogen (secondary N) is 1. The van der Waals surface area contributed by atoms with Crippen LogP contribution in [0.4, 0.5) is 5.69 Å². The molecule has 1 fully saturated rings. The van der Waals surface area contributed by atoms with Gasteiger partial charge in [-0.25, -0.2) is 0 Å². The molecule has 6 nitrogen and oxygen atoms in total. The first-order valence-electron chi connectivity index (χ1n) is 7.60. The van der Waals surface area contributed by atoms with Gasteiger partial charge in [-0.1, -0.05) is 12.1 Å². The number of anilines is 1. The lowest BCUT2D eigenvalue weighted by Gasteiger charge is -2.32. The third kappa shape index (κ3) is 3.50. The maximum absolute atomic E-state index is 12.3. The summed E-state index contributed by atoms with van der Waals surface area (Å²) >= 11 is 1.50. The van der Waals surface area contributed by atoms with E-state index in [-0.39, 0.29) is 30.3 Å². The number of piperidine rings is 1. The van der Waals surface area contributed by atoms with Crippen molar-refractivity contribution < 1.29 is 14.4 Å². The molecule has 2 heterocycles. The van der Waals surface area contributed by atoms with Crippen molar-refractivity contribution in [2.45, 2.75) is 23.8 Å². The maximum atomic E-state index is 12.3. The van der Waals surface area contributed by atoms with Crippen LogP contribution in [0.3, 0.4) is 0 Å². The Balaban J connectivity index is 1.64. The molecule has 0 spiro atoms. The lowest BCUT2D eigenvalue weighted by atomic mass is 10.1. The molecule has 0 aliphatic carbocycles. The highest BCUT2D eigenvalue weighted by molar-refractivity contribution is 8.00.